The Hall–Kier alpha value is -1.14. The number of halogens is 1. The zero-order valence-corrected chi connectivity index (χ0v) is 21.1. The van der Waals surface area contributed by atoms with Crippen molar-refractivity contribution < 1.29 is 4.79 Å². The maximum atomic E-state index is 13.1. The normalized spacial score (nSPS) is 40.0. The van der Waals surface area contributed by atoms with Gasteiger partial charge in [0.15, 0.2) is 0 Å². The first-order valence-corrected chi connectivity index (χ1v) is 13.5. The zero-order chi connectivity index (χ0) is 23.1. The molecule has 0 aromatic heterocycles. The molecule has 0 aromatic rings. The minimum atomic E-state index is 0.00151. The van der Waals surface area contributed by atoms with Crippen LogP contribution in [-0.2, 0) is 4.79 Å². The van der Waals surface area contributed by atoms with E-state index >= 15 is 0 Å². The van der Waals surface area contributed by atoms with E-state index in [1.807, 2.05) is 0 Å². The predicted octanol–water partition coefficient (Wildman–Crippen LogP) is 3.53. The van der Waals surface area contributed by atoms with E-state index in [2.05, 4.69) is 64.7 Å². The fourth-order valence-electron chi connectivity index (χ4n) is 7.51. The lowest BCUT2D eigenvalue weighted by molar-refractivity contribution is -0.135. The molecule has 5 atom stereocenters. The summed E-state index contributed by atoms with van der Waals surface area (Å²) in [7, 11) is 0. The van der Waals surface area contributed by atoms with Gasteiger partial charge in [0.1, 0.15) is 0 Å². The van der Waals surface area contributed by atoms with Gasteiger partial charge in [-0.2, -0.15) is 0 Å². The van der Waals surface area contributed by atoms with Crippen molar-refractivity contribution in [2.75, 3.05) is 45.8 Å². The number of hydrogen-bond acceptors (Lipinski definition) is 4. The Morgan fingerprint density at radius 1 is 1.09 bits per heavy atom. The van der Waals surface area contributed by atoms with Crippen LogP contribution in [0.5, 0.6) is 0 Å². The Bertz CT molecular complexity index is 826. The monoisotopic (exact) mass is 472 g/mol. The quantitative estimate of drug-likeness (QED) is 0.617. The molecule has 182 valence electrons. The van der Waals surface area contributed by atoms with E-state index in [4.69, 9.17) is 11.6 Å². The van der Waals surface area contributed by atoms with Gasteiger partial charge in [-0.05, 0) is 69.5 Å². The van der Waals surface area contributed by atoms with Crippen molar-refractivity contribution in [3.63, 3.8) is 0 Å². The van der Waals surface area contributed by atoms with Crippen LogP contribution in [-0.4, -0.2) is 73.1 Å². The number of allylic oxidation sites excluding steroid dienone is 3. The lowest BCUT2D eigenvalue weighted by Crippen LogP contribution is -2.70. The summed E-state index contributed by atoms with van der Waals surface area (Å²) in [5.74, 6) is 1.87. The molecule has 3 aliphatic heterocycles. The summed E-state index contributed by atoms with van der Waals surface area (Å²) in [4.78, 5) is 17.9. The molecule has 5 aliphatic rings. The maximum absolute atomic E-state index is 13.1. The second kappa shape index (κ2) is 9.49. The number of piperidine rings is 1. The van der Waals surface area contributed by atoms with Crippen molar-refractivity contribution in [2.45, 2.75) is 57.5 Å². The Labute approximate surface area is 204 Å². The molecule has 5 rings (SSSR count). The minimum absolute atomic E-state index is 0.00151. The summed E-state index contributed by atoms with van der Waals surface area (Å²) in [6, 6.07) is 0.353. The average Bonchev–Trinajstić information content (AvgIpc) is 2.91. The number of carbonyl (C=O) groups excluding carboxylic acids is 1. The molecule has 5 nitrogen and oxygen atoms in total. The van der Waals surface area contributed by atoms with E-state index in [-0.39, 0.29) is 11.0 Å². The van der Waals surface area contributed by atoms with Gasteiger partial charge in [0, 0.05) is 61.2 Å². The molecule has 2 N–H and O–H groups in total. The molecule has 3 fully saturated rings. The van der Waals surface area contributed by atoms with Gasteiger partial charge in [-0.15, -0.1) is 0 Å². The lowest BCUT2D eigenvalue weighted by Gasteiger charge is -2.57. The summed E-state index contributed by atoms with van der Waals surface area (Å²) in [5.41, 5.74) is 0.0167. The molecule has 0 aromatic carbocycles. The topological polar surface area (TPSA) is 47.6 Å². The van der Waals surface area contributed by atoms with Crippen molar-refractivity contribution in [1.82, 2.24) is 20.4 Å². The van der Waals surface area contributed by atoms with Gasteiger partial charge < -0.3 is 15.5 Å². The standard InChI is InChI=1S/C27H41ClN4O/c1-26-10-7-23(28)19-22(26)6-5-21-4-3-11-30-27(21,2)25(26)32-16-14-31(15-17-32)24(33)18-20-8-12-29-13-9-20/h3-4,7,10,19-22,25,29-30H,5-6,8-9,11-18H2,1-2H3. The molecule has 5 unspecified atom stereocenters. The molecule has 33 heavy (non-hydrogen) atoms. The molecule has 3 heterocycles. The Morgan fingerprint density at radius 3 is 2.58 bits per heavy atom. The largest absolute Gasteiger partial charge is 0.340 e. The van der Waals surface area contributed by atoms with Crippen molar-refractivity contribution in [1.29, 1.82) is 0 Å². The third kappa shape index (κ3) is 4.47. The van der Waals surface area contributed by atoms with E-state index in [1.165, 1.54) is 6.42 Å². The van der Waals surface area contributed by atoms with Crippen LogP contribution in [0.2, 0.25) is 0 Å². The molecular weight excluding hydrogens is 432 g/mol. The first-order valence-electron chi connectivity index (χ1n) is 13.1. The molecule has 0 bridgehead atoms. The maximum Gasteiger partial charge on any atom is 0.222 e. The Morgan fingerprint density at radius 2 is 1.82 bits per heavy atom. The highest BCUT2D eigenvalue weighted by Crippen LogP contribution is 2.52. The van der Waals surface area contributed by atoms with Crippen LogP contribution in [0, 0.1) is 23.2 Å². The van der Waals surface area contributed by atoms with Gasteiger partial charge in [0.2, 0.25) is 5.91 Å². The van der Waals surface area contributed by atoms with E-state index in [0.717, 1.165) is 76.5 Å². The van der Waals surface area contributed by atoms with E-state index in [1.54, 1.807) is 0 Å². The number of hydrogen-bond donors (Lipinski definition) is 2. The van der Waals surface area contributed by atoms with Crippen LogP contribution >= 0.6 is 11.6 Å². The van der Waals surface area contributed by atoms with Crippen LogP contribution in [0.4, 0.5) is 0 Å². The van der Waals surface area contributed by atoms with Crippen LogP contribution < -0.4 is 10.6 Å². The summed E-state index contributed by atoms with van der Waals surface area (Å²) in [6.07, 6.45) is 16.9. The first kappa shape index (κ1) is 23.6. The number of carbonyl (C=O) groups is 1. The number of fused-ring (bicyclic) bond motifs is 2. The number of rotatable bonds is 3. The van der Waals surface area contributed by atoms with Gasteiger partial charge in [0.05, 0.1) is 0 Å². The molecular formula is C27H41ClN4O. The van der Waals surface area contributed by atoms with Crippen LogP contribution in [0.15, 0.2) is 35.4 Å². The first-order chi connectivity index (χ1) is 15.9. The van der Waals surface area contributed by atoms with Crippen molar-refractivity contribution >= 4 is 17.5 Å². The van der Waals surface area contributed by atoms with E-state index in [9.17, 15) is 4.79 Å². The molecule has 1 amide bonds. The highest BCUT2D eigenvalue weighted by atomic mass is 35.5. The molecule has 6 heteroatoms. The van der Waals surface area contributed by atoms with Gasteiger partial charge in [0.25, 0.3) is 0 Å². The number of piperazine rings is 1. The highest BCUT2D eigenvalue weighted by Gasteiger charge is 2.56. The minimum Gasteiger partial charge on any atom is -0.340 e. The van der Waals surface area contributed by atoms with E-state index < -0.39 is 0 Å². The molecule has 2 saturated heterocycles. The second-order valence-electron chi connectivity index (χ2n) is 11.3. The zero-order valence-electron chi connectivity index (χ0n) is 20.4. The number of nitrogens with zero attached hydrogens (tertiary/aromatic N) is 2. The molecule has 1 saturated carbocycles. The number of amides is 1. The summed E-state index contributed by atoms with van der Waals surface area (Å²) < 4.78 is 0. The SMILES string of the molecule is CC12C=CC(Cl)=CC1CCC1C=CCNC1(C)C2N1CCN(C(=O)CC2CCNCC2)CC1. The number of nitrogens with one attached hydrogen (secondary N) is 2. The van der Waals surface area contributed by atoms with E-state index in [0.29, 0.717) is 29.7 Å². The molecule has 0 spiro atoms. The van der Waals surface area contributed by atoms with Gasteiger partial charge in [-0.1, -0.05) is 42.8 Å². The third-order valence-corrected chi connectivity index (χ3v) is 9.65. The summed E-state index contributed by atoms with van der Waals surface area (Å²) >= 11 is 6.49. The summed E-state index contributed by atoms with van der Waals surface area (Å²) in [5, 5.41) is 8.23. The fraction of sp³-hybridized carbons (Fsp3) is 0.741. The van der Waals surface area contributed by atoms with Crippen molar-refractivity contribution in [3.05, 3.63) is 35.4 Å². The predicted molar refractivity (Wildman–Crippen MR) is 135 cm³/mol. The second-order valence-corrected chi connectivity index (χ2v) is 11.8. The van der Waals surface area contributed by atoms with Crippen molar-refractivity contribution in [2.24, 2.45) is 23.2 Å². The summed E-state index contributed by atoms with van der Waals surface area (Å²) in [6.45, 7) is 11.5. The molecule has 0 radical (unpaired) electrons. The molecule has 2 aliphatic carbocycles. The Balaban J connectivity index is 1.34. The average molecular weight is 473 g/mol. The highest BCUT2D eigenvalue weighted by molar-refractivity contribution is 6.31. The Kier molecular flexibility index (Phi) is 6.78. The van der Waals surface area contributed by atoms with Gasteiger partial charge >= 0.3 is 0 Å². The van der Waals surface area contributed by atoms with Crippen LogP contribution in [0.1, 0.15) is 46.0 Å². The smallest absolute Gasteiger partial charge is 0.222 e. The van der Waals surface area contributed by atoms with Gasteiger partial charge in [-0.3, -0.25) is 9.69 Å². The lowest BCUT2D eigenvalue weighted by atomic mass is 9.62. The fourth-order valence-corrected chi connectivity index (χ4v) is 7.72. The van der Waals surface area contributed by atoms with Crippen LogP contribution in [0.25, 0.3) is 0 Å². The third-order valence-electron chi connectivity index (χ3n) is 9.40. The van der Waals surface area contributed by atoms with Gasteiger partial charge in [-0.25, -0.2) is 0 Å². The van der Waals surface area contributed by atoms with Crippen LogP contribution in [0.3, 0.4) is 0 Å². The van der Waals surface area contributed by atoms with Crippen molar-refractivity contribution in [3.8, 4) is 0 Å².